The van der Waals surface area contributed by atoms with Crippen LogP contribution in [-0.4, -0.2) is 46.4 Å². The highest BCUT2D eigenvalue weighted by molar-refractivity contribution is 5.39. The molecule has 0 aromatic carbocycles. The number of hydrogen-bond donors (Lipinski definition) is 0. The average Bonchev–Trinajstić information content (AvgIpc) is 3.17. The van der Waals surface area contributed by atoms with E-state index in [2.05, 4.69) is 19.9 Å². The maximum atomic E-state index is 6.11. The molecule has 1 spiro atoms. The summed E-state index contributed by atoms with van der Waals surface area (Å²) in [6.07, 6.45) is 8.85. The predicted octanol–water partition coefficient (Wildman–Crippen LogP) is 1.69. The van der Waals surface area contributed by atoms with E-state index in [-0.39, 0.29) is 11.7 Å². The van der Waals surface area contributed by atoms with Crippen LogP contribution in [0.15, 0.2) is 43.1 Å². The lowest BCUT2D eigenvalue weighted by molar-refractivity contribution is 0.0195. The molecule has 6 nitrogen and oxygen atoms in total. The normalized spacial score (nSPS) is 27.5. The summed E-state index contributed by atoms with van der Waals surface area (Å²) >= 11 is 0. The summed E-state index contributed by atoms with van der Waals surface area (Å²) in [5.74, 6) is 1.77. The molecule has 2 aromatic rings. The molecule has 2 atom stereocenters. The van der Waals surface area contributed by atoms with Crippen molar-refractivity contribution in [1.29, 1.82) is 0 Å². The first-order chi connectivity index (χ1) is 10.8. The van der Waals surface area contributed by atoms with Crippen LogP contribution in [0.25, 0.3) is 0 Å². The summed E-state index contributed by atoms with van der Waals surface area (Å²) in [4.78, 5) is 14.6. The zero-order valence-corrected chi connectivity index (χ0v) is 12.3. The van der Waals surface area contributed by atoms with Gasteiger partial charge in [-0.1, -0.05) is 0 Å². The first-order valence-corrected chi connectivity index (χ1v) is 7.55. The van der Waals surface area contributed by atoms with E-state index in [1.165, 1.54) is 0 Å². The van der Waals surface area contributed by atoms with Gasteiger partial charge in [0.25, 0.3) is 0 Å². The lowest BCUT2D eigenvalue weighted by Gasteiger charge is -2.23. The van der Waals surface area contributed by atoms with E-state index in [0.29, 0.717) is 6.61 Å². The molecule has 0 N–H and O–H groups in total. The van der Waals surface area contributed by atoms with E-state index >= 15 is 0 Å². The van der Waals surface area contributed by atoms with Crippen molar-refractivity contribution >= 4 is 5.82 Å². The molecule has 0 bridgehead atoms. The lowest BCUT2D eigenvalue weighted by Crippen LogP contribution is -2.33. The van der Waals surface area contributed by atoms with Crippen molar-refractivity contribution in [1.82, 2.24) is 15.0 Å². The fraction of sp³-hybridized carbons (Fsp3) is 0.438. The van der Waals surface area contributed by atoms with Crippen LogP contribution in [0.3, 0.4) is 0 Å². The van der Waals surface area contributed by atoms with Crippen molar-refractivity contribution in [3.05, 3.63) is 43.1 Å². The second-order valence-electron chi connectivity index (χ2n) is 5.87. The van der Waals surface area contributed by atoms with Gasteiger partial charge in [-0.2, -0.15) is 0 Å². The van der Waals surface area contributed by atoms with E-state index in [4.69, 9.17) is 9.47 Å². The molecule has 2 saturated heterocycles. The van der Waals surface area contributed by atoms with Crippen LogP contribution in [0.4, 0.5) is 5.82 Å². The predicted molar refractivity (Wildman–Crippen MR) is 80.8 cm³/mol. The number of anilines is 1. The summed E-state index contributed by atoms with van der Waals surface area (Å²) < 4.78 is 12.1. The third-order valence-electron chi connectivity index (χ3n) is 4.32. The molecule has 22 heavy (non-hydrogen) atoms. The summed E-state index contributed by atoms with van der Waals surface area (Å²) in [5, 5.41) is 0. The van der Waals surface area contributed by atoms with Crippen molar-refractivity contribution in [3.8, 4) is 5.75 Å². The maximum Gasteiger partial charge on any atom is 0.138 e. The summed E-state index contributed by atoms with van der Waals surface area (Å²) in [6, 6.07) is 5.75. The van der Waals surface area contributed by atoms with Gasteiger partial charge in [-0.25, -0.2) is 9.97 Å². The van der Waals surface area contributed by atoms with Crippen molar-refractivity contribution in [2.75, 3.05) is 24.6 Å². The lowest BCUT2D eigenvalue weighted by atomic mass is 9.98. The van der Waals surface area contributed by atoms with Crippen LogP contribution in [0.5, 0.6) is 5.75 Å². The fourth-order valence-corrected chi connectivity index (χ4v) is 3.28. The van der Waals surface area contributed by atoms with Crippen LogP contribution in [-0.2, 0) is 4.74 Å². The topological polar surface area (TPSA) is 60.4 Å². The minimum absolute atomic E-state index is 0.0922. The molecule has 6 heteroatoms. The Balaban J connectivity index is 1.40. The molecule has 4 heterocycles. The third-order valence-corrected chi connectivity index (χ3v) is 4.32. The van der Waals surface area contributed by atoms with Gasteiger partial charge in [-0.3, -0.25) is 4.98 Å². The second-order valence-corrected chi connectivity index (χ2v) is 5.87. The summed E-state index contributed by atoms with van der Waals surface area (Å²) in [7, 11) is 0. The monoisotopic (exact) mass is 298 g/mol. The molecule has 0 amide bonds. The average molecular weight is 298 g/mol. The smallest absolute Gasteiger partial charge is 0.138 e. The minimum atomic E-state index is -0.113. The van der Waals surface area contributed by atoms with Gasteiger partial charge in [0.15, 0.2) is 0 Å². The Morgan fingerprint density at radius 3 is 3.09 bits per heavy atom. The van der Waals surface area contributed by atoms with Crippen LogP contribution in [0, 0.1) is 0 Å². The van der Waals surface area contributed by atoms with Gasteiger partial charge >= 0.3 is 0 Å². The van der Waals surface area contributed by atoms with Gasteiger partial charge < -0.3 is 14.4 Å². The number of pyridine rings is 1. The molecule has 0 saturated carbocycles. The zero-order chi connectivity index (χ0) is 14.8. The maximum absolute atomic E-state index is 6.11. The Morgan fingerprint density at radius 1 is 1.27 bits per heavy atom. The quantitative estimate of drug-likeness (QED) is 0.859. The molecule has 0 aliphatic carbocycles. The molecule has 0 radical (unpaired) electrons. The van der Waals surface area contributed by atoms with Gasteiger partial charge in [0, 0.05) is 31.9 Å². The summed E-state index contributed by atoms with van der Waals surface area (Å²) in [5.41, 5.74) is -0.113. The van der Waals surface area contributed by atoms with Crippen molar-refractivity contribution in [3.63, 3.8) is 0 Å². The molecular formula is C16H18N4O2. The van der Waals surface area contributed by atoms with Gasteiger partial charge in [0.2, 0.25) is 0 Å². The standard InChI is InChI=1S/C16H18N4O2/c1-2-13(9-17-5-1)22-14-8-16(21-10-14)4-7-20(11-16)15-3-6-18-12-19-15/h1-3,5-6,9,12,14H,4,7-8,10-11H2/t14-,16+/m0/s1. The first-order valence-electron chi connectivity index (χ1n) is 7.55. The molecular weight excluding hydrogens is 280 g/mol. The third kappa shape index (κ3) is 2.62. The Hall–Kier alpha value is -2.21. The molecule has 2 fully saturated rings. The molecule has 4 rings (SSSR count). The SMILES string of the molecule is c1cncc(O[C@@H]2CO[C@]3(CCN(c4ccncn4)C3)C2)c1. The van der Waals surface area contributed by atoms with Crippen molar-refractivity contribution < 1.29 is 9.47 Å². The summed E-state index contributed by atoms with van der Waals surface area (Å²) in [6.45, 7) is 2.44. The van der Waals surface area contributed by atoms with Crippen LogP contribution >= 0.6 is 0 Å². The highest BCUT2D eigenvalue weighted by atomic mass is 16.6. The van der Waals surface area contributed by atoms with Gasteiger partial charge in [-0.15, -0.1) is 0 Å². The Kier molecular flexibility index (Phi) is 3.38. The Bertz CT molecular complexity index is 625. The molecule has 2 aliphatic heterocycles. The molecule has 0 unspecified atom stereocenters. The largest absolute Gasteiger partial charge is 0.486 e. The Morgan fingerprint density at radius 2 is 2.27 bits per heavy atom. The number of hydrogen-bond acceptors (Lipinski definition) is 6. The number of rotatable bonds is 3. The number of nitrogens with zero attached hydrogens (tertiary/aromatic N) is 4. The second kappa shape index (κ2) is 5.53. The van der Waals surface area contributed by atoms with Crippen LogP contribution in [0.1, 0.15) is 12.8 Å². The minimum Gasteiger partial charge on any atom is -0.486 e. The highest BCUT2D eigenvalue weighted by Gasteiger charge is 2.46. The number of aromatic nitrogens is 3. The van der Waals surface area contributed by atoms with Gasteiger partial charge in [0.05, 0.1) is 18.4 Å². The fourth-order valence-electron chi connectivity index (χ4n) is 3.28. The highest BCUT2D eigenvalue weighted by Crippen LogP contribution is 2.37. The zero-order valence-electron chi connectivity index (χ0n) is 12.3. The van der Waals surface area contributed by atoms with Crippen molar-refractivity contribution in [2.24, 2.45) is 0 Å². The molecule has 2 aromatic heterocycles. The van der Waals surface area contributed by atoms with Crippen molar-refractivity contribution in [2.45, 2.75) is 24.5 Å². The van der Waals surface area contributed by atoms with Crippen LogP contribution < -0.4 is 9.64 Å². The number of ether oxygens (including phenoxy) is 2. The van der Waals surface area contributed by atoms with E-state index in [1.54, 1.807) is 24.9 Å². The molecule has 114 valence electrons. The molecule has 2 aliphatic rings. The van der Waals surface area contributed by atoms with Gasteiger partial charge in [0.1, 0.15) is 24.0 Å². The Labute approximate surface area is 129 Å². The van der Waals surface area contributed by atoms with E-state index < -0.39 is 0 Å². The van der Waals surface area contributed by atoms with E-state index in [1.807, 2.05) is 18.2 Å². The van der Waals surface area contributed by atoms with Gasteiger partial charge in [-0.05, 0) is 24.6 Å². The van der Waals surface area contributed by atoms with E-state index in [0.717, 1.165) is 37.5 Å². The first kappa shape index (κ1) is 13.5. The van der Waals surface area contributed by atoms with E-state index in [9.17, 15) is 0 Å². The van der Waals surface area contributed by atoms with Crippen LogP contribution in [0.2, 0.25) is 0 Å².